The number of hydrogen-bond acceptors (Lipinski definition) is 8. The van der Waals surface area contributed by atoms with Crippen LogP contribution in [-0.2, 0) is 28.7 Å². The number of methoxy groups -OCH3 is 2. The van der Waals surface area contributed by atoms with E-state index >= 15 is 0 Å². The molecule has 152 valence electrons. The van der Waals surface area contributed by atoms with E-state index < -0.39 is 23.9 Å². The number of nitrogens with zero attached hydrogens (tertiary/aromatic N) is 1. The smallest absolute Gasteiger partial charge is 0.307 e. The van der Waals surface area contributed by atoms with Gasteiger partial charge in [0.2, 0.25) is 11.8 Å². The summed E-state index contributed by atoms with van der Waals surface area (Å²) in [4.78, 5) is 46.8. The topological polar surface area (TPSA) is 149 Å². The lowest BCUT2D eigenvalue weighted by Gasteiger charge is -2.16. The molecule has 0 aromatic heterocycles. The summed E-state index contributed by atoms with van der Waals surface area (Å²) in [6.07, 6.45) is 0.933. The Morgan fingerprint density at radius 2 is 1.54 bits per heavy atom. The molecule has 0 fully saturated rings. The Kier molecular flexibility index (Phi) is 9.73. The summed E-state index contributed by atoms with van der Waals surface area (Å²) in [6, 6.07) is 6.04. The zero-order valence-corrected chi connectivity index (χ0v) is 15.8. The van der Waals surface area contributed by atoms with E-state index in [0.29, 0.717) is 5.69 Å². The first-order valence-corrected chi connectivity index (χ1v) is 8.44. The SMILES string of the molecule is COC(=O)CC(CC(=O)OC)NC(=O)CCC(=O)Nc1ccc(C=NN)cc1. The van der Waals surface area contributed by atoms with E-state index in [-0.39, 0.29) is 31.6 Å². The monoisotopic (exact) mass is 392 g/mol. The number of benzene rings is 1. The first kappa shape index (κ1) is 22.6. The quantitative estimate of drug-likeness (QED) is 0.224. The van der Waals surface area contributed by atoms with E-state index in [1.807, 2.05) is 0 Å². The standard InChI is InChI=1S/C18H24N4O6/c1-27-17(25)9-14(10-18(26)28-2)22-16(24)8-7-15(23)21-13-5-3-12(4-6-13)11-20-19/h3-6,11,14H,7-10,19H2,1-2H3,(H,21,23)(H,22,24). The first-order valence-electron chi connectivity index (χ1n) is 8.44. The molecule has 0 aliphatic heterocycles. The highest BCUT2D eigenvalue weighted by Crippen LogP contribution is 2.09. The van der Waals surface area contributed by atoms with E-state index in [1.165, 1.54) is 20.4 Å². The van der Waals surface area contributed by atoms with Crippen molar-refractivity contribution in [3.8, 4) is 0 Å². The summed E-state index contributed by atoms with van der Waals surface area (Å²) < 4.78 is 9.09. The van der Waals surface area contributed by atoms with Crippen LogP contribution in [0.15, 0.2) is 29.4 Å². The summed E-state index contributed by atoms with van der Waals surface area (Å²) >= 11 is 0. The van der Waals surface area contributed by atoms with Gasteiger partial charge < -0.3 is 25.9 Å². The molecule has 0 spiro atoms. The Hall–Kier alpha value is -3.43. The Morgan fingerprint density at radius 3 is 2.04 bits per heavy atom. The lowest BCUT2D eigenvalue weighted by molar-refractivity contribution is -0.143. The molecular formula is C18H24N4O6. The molecule has 0 bridgehead atoms. The molecule has 1 aromatic carbocycles. The normalized spacial score (nSPS) is 10.5. The van der Waals surface area contributed by atoms with Crippen molar-refractivity contribution in [3.05, 3.63) is 29.8 Å². The van der Waals surface area contributed by atoms with E-state index in [0.717, 1.165) is 5.56 Å². The fraction of sp³-hybridized carbons (Fsp3) is 0.389. The van der Waals surface area contributed by atoms with Crippen molar-refractivity contribution in [1.82, 2.24) is 5.32 Å². The highest BCUT2D eigenvalue weighted by Gasteiger charge is 2.21. The largest absolute Gasteiger partial charge is 0.469 e. The van der Waals surface area contributed by atoms with Crippen LogP contribution in [0.25, 0.3) is 0 Å². The molecule has 0 aliphatic rings. The molecule has 1 rings (SSSR count). The highest BCUT2D eigenvalue weighted by molar-refractivity contribution is 5.93. The molecule has 1 aromatic rings. The highest BCUT2D eigenvalue weighted by atomic mass is 16.5. The molecule has 4 N–H and O–H groups in total. The van der Waals surface area contributed by atoms with Crippen molar-refractivity contribution in [3.63, 3.8) is 0 Å². The number of rotatable bonds is 10. The number of carbonyl (C=O) groups excluding carboxylic acids is 4. The Bertz CT molecular complexity index is 699. The maximum absolute atomic E-state index is 12.0. The molecule has 0 unspecified atom stereocenters. The summed E-state index contributed by atoms with van der Waals surface area (Å²) in [5, 5.41) is 8.60. The zero-order valence-electron chi connectivity index (χ0n) is 15.8. The fourth-order valence-electron chi connectivity index (χ4n) is 2.23. The van der Waals surface area contributed by atoms with Crippen LogP contribution in [0.5, 0.6) is 0 Å². The Labute approximate surface area is 162 Å². The maximum atomic E-state index is 12.0. The fourth-order valence-corrected chi connectivity index (χ4v) is 2.23. The predicted molar refractivity (Wildman–Crippen MR) is 101 cm³/mol. The molecule has 28 heavy (non-hydrogen) atoms. The average molecular weight is 392 g/mol. The molecule has 10 heteroatoms. The van der Waals surface area contributed by atoms with Gasteiger partial charge in [0.1, 0.15) is 0 Å². The minimum absolute atomic E-state index is 0.0684. The number of hydrogen-bond donors (Lipinski definition) is 3. The Morgan fingerprint density at radius 1 is 1.00 bits per heavy atom. The van der Waals surface area contributed by atoms with Gasteiger partial charge in [0.15, 0.2) is 0 Å². The van der Waals surface area contributed by atoms with Gasteiger partial charge in [-0.1, -0.05) is 12.1 Å². The second kappa shape index (κ2) is 12.0. The second-order valence-electron chi connectivity index (χ2n) is 5.77. The molecular weight excluding hydrogens is 368 g/mol. The van der Waals surface area contributed by atoms with Gasteiger partial charge in [0.25, 0.3) is 0 Å². The summed E-state index contributed by atoms with van der Waals surface area (Å²) in [5.74, 6) is 3.09. The first-order chi connectivity index (χ1) is 13.4. The van der Waals surface area contributed by atoms with Crippen molar-refractivity contribution < 1.29 is 28.7 Å². The number of carbonyl (C=O) groups is 4. The lowest BCUT2D eigenvalue weighted by Crippen LogP contribution is -2.38. The van der Waals surface area contributed by atoms with Gasteiger partial charge in [-0.2, -0.15) is 5.10 Å². The zero-order chi connectivity index (χ0) is 20.9. The minimum Gasteiger partial charge on any atom is -0.469 e. The summed E-state index contributed by atoms with van der Waals surface area (Å²) in [6.45, 7) is 0. The van der Waals surface area contributed by atoms with E-state index in [2.05, 4.69) is 25.2 Å². The number of hydrazone groups is 1. The van der Waals surface area contributed by atoms with Gasteiger partial charge in [-0.15, -0.1) is 0 Å². The van der Waals surface area contributed by atoms with Crippen molar-refractivity contribution in [2.75, 3.05) is 19.5 Å². The molecule has 0 saturated carbocycles. The van der Waals surface area contributed by atoms with Gasteiger partial charge in [-0.05, 0) is 17.7 Å². The number of anilines is 1. The Balaban J connectivity index is 2.49. The number of amides is 2. The third-order valence-corrected chi connectivity index (χ3v) is 3.64. The van der Waals surface area contributed by atoms with Crippen LogP contribution < -0.4 is 16.5 Å². The van der Waals surface area contributed by atoms with Gasteiger partial charge in [0, 0.05) is 24.6 Å². The van der Waals surface area contributed by atoms with Crippen LogP contribution >= 0.6 is 0 Å². The second-order valence-corrected chi connectivity index (χ2v) is 5.77. The van der Waals surface area contributed by atoms with Gasteiger partial charge in [-0.25, -0.2) is 0 Å². The van der Waals surface area contributed by atoms with Crippen LogP contribution in [0, 0.1) is 0 Å². The van der Waals surface area contributed by atoms with Crippen LogP contribution in [0.2, 0.25) is 0 Å². The van der Waals surface area contributed by atoms with Crippen molar-refractivity contribution in [1.29, 1.82) is 0 Å². The van der Waals surface area contributed by atoms with Gasteiger partial charge in [0.05, 0.1) is 33.3 Å². The average Bonchev–Trinajstić information content (AvgIpc) is 2.67. The number of nitrogens with one attached hydrogen (secondary N) is 2. The molecule has 0 aliphatic carbocycles. The van der Waals surface area contributed by atoms with Crippen molar-refractivity contribution in [2.45, 2.75) is 31.7 Å². The van der Waals surface area contributed by atoms with Gasteiger partial charge >= 0.3 is 11.9 Å². The van der Waals surface area contributed by atoms with E-state index in [1.54, 1.807) is 24.3 Å². The molecule has 0 heterocycles. The van der Waals surface area contributed by atoms with Crippen LogP contribution in [0.4, 0.5) is 5.69 Å². The molecule has 0 atom stereocenters. The van der Waals surface area contributed by atoms with E-state index in [9.17, 15) is 19.2 Å². The third-order valence-electron chi connectivity index (χ3n) is 3.64. The van der Waals surface area contributed by atoms with Crippen molar-refractivity contribution >= 4 is 35.7 Å². The number of nitrogens with two attached hydrogens (primary N) is 1. The molecule has 0 saturated heterocycles. The molecule has 2 amide bonds. The maximum Gasteiger partial charge on any atom is 0.307 e. The minimum atomic E-state index is -0.771. The predicted octanol–water partition coefficient (Wildman–Crippen LogP) is 0.309. The third kappa shape index (κ3) is 8.79. The number of ether oxygens (including phenoxy) is 2. The van der Waals surface area contributed by atoms with Crippen LogP contribution in [0.1, 0.15) is 31.2 Å². The van der Waals surface area contributed by atoms with Crippen LogP contribution in [-0.4, -0.2) is 50.2 Å². The lowest BCUT2D eigenvalue weighted by atomic mass is 10.1. The number of esters is 2. The van der Waals surface area contributed by atoms with Crippen LogP contribution in [0.3, 0.4) is 0 Å². The van der Waals surface area contributed by atoms with E-state index in [4.69, 9.17) is 5.84 Å². The van der Waals surface area contributed by atoms with Crippen molar-refractivity contribution in [2.24, 2.45) is 10.9 Å². The molecule has 0 radical (unpaired) electrons. The summed E-state index contributed by atoms with van der Waals surface area (Å²) in [5.41, 5.74) is 1.34. The summed E-state index contributed by atoms with van der Waals surface area (Å²) in [7, 11) is 2.41. The van der Waals surface area contributed by atoms with Gasteiger partial charge in [-0.3, -0.25) is 19.2 Å². The molecule has 10 nitrogen and oxygen atoms in total.